The van der Waals surface area contributed by atoms with Crippen molar-refractivity contribution in [2.45, 2.75) is 44.6 Å². The first-order valence-electron chi connectivity index (χ1n) is 6.98. The van der Waals surface area contributed by atoms with E-state index in [-0.39, 0.29) is 11.8 Å². The Hall–Kier alpha value is -1.76. The summed E-state index contributed by atoms with van der Waals surface area (Å²) in [6.45, 7) is 0. The molecule has 1 aliphatic carbocycles. The summed E-state index contributed by atoms with van der Waals surface area (Å²) in [6.07, 6.45) is 6.97. The van der Waals surface area contributed by atoms with Crippen LogP contribution in [0.3, 0.4) is 0 Å². The normalized spacial score (nSPS) is 22.7. The standard InChI is InChI=1S/C15H21N3O/c1-18(14-7-4-12(11-16)5-8-14)15(19)9-6-13-3-2-10-17-13/h2-3,10,12,14,17H,4-9H2,1H3. The number of aromatic nitrogens is 1. The highest BCUT2D eigenvalue weighted by atomic mass is 16.2. The third-order valence-electron chi connectivity index (χ3n) is 4.09. The number of aryl methyl sites for hydroxylation is 1. The molecule has 1 aromatic rings. The van der Waals surface area contributed by atoms with Crippen LogP contribution in [0.5, 0.6) is 0 Å². The SMILES string of the molecule is CN(C(=O)CCc1ccc[nH]1)C1CCC(C#N)CC1. The van der Waals surface area contributed by atoms with E-state index in [9.17, 15) is 4.79 Å². The second-order valence-corrected chi connectivity index (χ2v) is 5.33. The minimum Gasteiger partial charge on any atom is -0.365 e. The van der Waals surface area contributed by atoms with Crippen molar-refractivity contribution in [2.24, 2.45) is 5.92 Å². The van der Waals surface area contributed by atoms with E-state index in [0.29, 0.717) is 12.5 Å². The van der Waals surface area contributed by atoms with Gasteiger partial charge >= 0.3 is 0 Å². The quantitative estimate of drug-likeness (QED) is 0.903. The van der Waals surface area contributed by atoms with Crippen molar-refractivity contribution in [2.75, 3.05) is 7.05 Å². The largest absolute Gasteiger partial charge is 0.365 e. The number of aromatic amines is 1. The average molecular weight is 259 g/mol. The van der Waals surface area contributed by atoms with Gasteiger partial charge in [0.05, 0.1) is 6.07 Å². The highest BCUT2D eigenvalue weighted by Gasteiger charge is 2.26. The Morgan fingerprint density at radius 3 is 2.79 bits per heavy atom. The van der Waals surface area contributed by atoms with Gasteiger partial charge in [0.25, 0.3) is 0 Å². The zero-order valence-electron chi connectivity index (χ0n) is 11.4. The van der Waals surface area contributed by atoms with E-state index in [1.54, 1.807) is 0 Å². The van der Waals surface area contributed by atoms with Crippen LogP contribution < -0.4 is 0 Å². The van der Waals surface area contributed by atoms with Crippen molar-refractivity contribution in [3.63, 3.8) is 0 Å². The Kier molecular flexibility index (Phi) is 4.62. The van der Waals surface area contributed by atoms with Crippen LogP contribution in [0.1, 0.15) is 37.8 Å². The molecule has 102 valence electrons. The molecule has 1 aliphatic rings. The molecule has 19 heavy (non-hydrogen) atoms. The molecular weight excluding hydrogens is 238 g/mol. The van der Waals surface area contributed by atoms with Crippen molar-refractivity contribution in [1.29, 1.82) is 5.26 Å². The van der Waals surface area contributed by atoms with Crippen molar-refractivity contribution >= 4 is 5.91 Å². The highest BCUT2D eigenvalue weighted by molar-refractivity contribution is 5.76. The van der Waals surface area contributed by atoms with Gasteiger partial charge in [0.2, 0.25) is 5.91 Å². The average Bonchev–Trinajstić information content (AvgIpc) is 2.97. The molecule has 1 N–H and O–H groups in total. The van der Waals surface area contributed by atoms with Gasteiger partial charge in [-0.3, -0.25) is 4.79 Å². The second kappa shape index (κ2) is 6.42. The van der Waals surface area contributed by atoms with Gasteiger partial charge in [-0.2, -0.15) is 5.26 Å². The fraction of sp³-hybridized carbons (Fsp3) is 0.600. The number of carbonyl (C=O) groups is 1. The summed E-state index contributed by atoms with van der Waals surface area (Å²) in [5.74, 6) is 0.397. The van der Waals surface area contributed by atoms with Gasteiger partial charge in [0.1, 0.15) is 0 Å². The molecule has 0 unspecified atom stereocenters. The number of nitrogens with one attached hydrogen (secondary N) is 1. The van der Waals surface area contributed by atoms with E-state index < -0.39 is 0 Å². The summed E-state index contributed by atoms with van der Waals surface area (Å²) in [5.41, 5.74) is 1.11. The van der Waals surface area contributed by atoms with E-state index in [1.165, 1.54) is 0 Å². The molecule has 0 spiro atoms. The highest BCUT2D eigenvalue weighted by Crippen LogP contribution is 2.26. The molecule has 0 saturated heterocycles. The van der Waals surface area contributed by atoms with Crippen LogP contribution >= 0.6 is 0 Å². The van der Waals surface area contributed by atoms with Crippen LogP contribution in [0.4, 0.5) is 0 Å². The smallest absolute Gasteiger partial charge is 0.222 e. The van der Waals surface area contributed by atoms with Crippen LogP contribution in [-0.4, -0.2) is 28.9 Å². The molecule has 0 aromatic carbocycles. The minimum atomic E-state index is 0.193. The van der Waals surface area contributed by atoms with Gasteiger partial charge < -0.3 is 9.88 Å². The van der Waals surface area contributed by atoms with Gasteiger partial charge in [-0.25, -0.2) is 0 Å². The Labute approximate surface area is 114 Å². The monoisotopic (exact) mass is 259 g/mol. The number of nitriles is 1. The first-order valence-corrected chi connectivity index (χ1v) is 6.98. The molecule has 1 saturated carbocycles. The summed E-state index contributed by atoms with van der Waals surface area (Å²) in [4.78, 5) is 17.1. The zero-order valence-corrected chi connectivity index (χ0v) is 11.4. The Balaban J connectivity index is 1.78. The maximum atomic E-state index is 12.1. The molecule has 0 bridgehead atoms. The Bertz CT molecular complexity index is 438. The molecule has 1 amide bonds. The van der Waals surface area contributed by atoms with E-state index in [0.717, 1.165) is 37.8 Å². The first kappa shape index (κ1) is 13.7. The molecule has 0 aliphatic heterocycles. The third kappa shape index (κ3) is 3.60. The lowest BCUT2D eigenvalue weighted by atomic mass is 9.86. The van der Waals surface area contributed by atoms with Crippen molar-refractivity contribution in [3.8, 4) is 6.07 Å². The van der Waals surface area contributed by atoms with Crippen LogP contribution in [0.2, 0.25) is 0 Å². The molecule has 1 heterocycles. The summed E-state index contributed by atoms with van der Waals surface area (Å²) in [5, 5.41) is 8.88. The second-order valence-electron chi connectivity index (χ2n) is 5.33. The number of H-pyrrole nitrogens is 1. The Morgan fingerprint density at radius 2 is 2.21 bits per heavy atom. The van der Waals surface area contributed by atoms with E-state index in [1.807, 2.05) is 30.3 Å². The summed E-state index contributed by atoms with van der Waals surface area (Å²) in [7, 11) is 1.90. The molecule has 1 aromatic heterocycles. The fourth-order valence-corrected chi connectivity index (χ4v) is 2.74. The van der Waals surface area contributed by atoms with Gasteiger partial charge in [0, 0.05) is 37.3 Å². The molecule has 2 rings (SSSR count). The van der Waals surface area contributed by atoms with Crippen LogP contribution in [0.25, 0.3) is 0 Å². The number of hydrogen-bond acceptors (Lipinski definition) is 2. The van der Waals surface area contributed by atoms with Crippen molar-refractivity contribution < 1.29 is 4.79 Å². The molecule has 4 nitrogen and oxygen atoms in total. The van der Waals surface area contributed by atoms with Crippen LogP contribution in [-0.2, 0) is 11.2 Å². The molecule has 1 fully saturated rings. The van der Waals surface area contributed by atoms with Gasteiger partial charge in [-0.05, 0) is 44.2 Å². The van der Waals surface area contributed by atoms with Gasteiger partial charge in [-0.1, -0.05) is 0 Å². The van der Waals surface area contributed by atoms with Crippen LogP contribution in [0.15, 0.2) is 18.3 Å². The number of hydrogen-bond donors (Lipinski definition) is 1. The van der Waals surface area contributed by atoms with E-state index in [4.69, 9.17) is 5.26 Å². The number of amides is 1. The van der Waals surface area contributed by atoms with Crippen LogP contribution in [0, 0.1) is 17.2 Å². The zero-order chi connectivity index (χ0) is 13.7. The minimum absolute atomic E-state index is 0.193. The van der Waals surface area contributed by atoms with E-state index >= 15 is 0 Å². The lowest BCUT2D eigenvalue weighted by molar-refractivity contribution is -0.132. The third-order valence-corrected chi connectivity index (χ3v) is 4.09. The summed E-state index contributed by atoms with van der Waals surface area (Å²) in [6, 6.07) is 6.61. The van der Waals surface area contributed by atoms with E-state index in [2.05, 4.69) is 11.1 Å². The molecule has 4 heteroatoms. The predicted molar refractivity (Wildman–Crippen MR) is 73.2 cm³/mol. The molecule has 0 atom stereocenters. The number of carbonyl (C=O) groups excluding carboxylic acids is 1. The first-order chi connectivity index (χ1) is 9.20. The van der Waals surface area contributed by atoms with Crippen molar-refractivity contribution in [1.82, 2.24) is 9.88 Å². The Morgan fingerprint density at radius 1 is 1.47 bits per heavy atom. The molecule has 0 radical (unpaired) electrons. The summed E-state index contributed by atoms with van der Waals surface area (Å²) >= 11 is 0. The summed E-state index contributed by atoms with van der Waals surface area (Å²) < 4.78 is 0. The van der Waals surface area contributed by atoms with Crippen molar-refractivity contribution in [3.05, 3.63) is 24.0 Å². The maximum absolute atomic E-state index is 12.1. The lowest BCUT2D eigenvalue weighted by Gasteiger charge is -2.32. The topological polar surface area (TPSA) is 59.9 Å². The molecular formula is C15H21N3O. The maximum Gasteiger partial charge on any atom is 0.222 e. The number of rotatable bonds is 4. The van der Waals surface area contributed by atoms with Gasteiger partial charge in [-0.15, -0.1) is 0 Å². The fourth-order valence-electron chi connectivity index (χ4n) is 2.74. The predicted octanol–water partition coefficient (Wildman–Crippen LogP) is 2.49. The lowest BCUT2D eigenvalue weighted by Crippen LogP contribution is -2.39. The van der Waals surface area contributed by atoms with Gasteiger partial charge in [0.15, 0.2) is 0 Å². The number of nitrogens with zero attached hydrogens (tertiary/aromatic N) is 2.